The molecule has 2 nitrogen and oxygen atoms in total. The van der Waals surface area contributed by atoms with Crippen molar-refractivity contribution in [2.45, 2.75) is 19.8 Å². The number of benzene rings is 3. The maximum Gasteiger partial charge on any atom is 0.328 e. The lowest BCUT2D eigenvalue weighted by molar-refractivity contribution is -0.131. The van der Waals surface area contributed by atoms with Crippen LogP contribution >= 0.6 is 11.6 Å². The zero-order valence-electron chi connectivity index (χ0n) is 17.3. The highest BCUT2D eigenvalue weighted by molar-refractivity contribution is 6.32. The number of allylic oxidation sites excluding steroid dienone is 3. The second kappa shape index (κ2) is 9.20. The second-order valence-corrected chi connectivity index (χ2v) is 7.93. The molecule has 0 atom stereocenters. The summed E-state index contributed by atoms with van der Waals surface area (Å²) in [6.07, 6.45) is 6.75. The topological polar surface area (TPSA) is 37.3 Å². The Hall–Kier alpha value is -3.36. The fourth-order valence-electron chi connectivity index (χ4n) is 4.13. The van der Waals surface area contributed by atoms with Crippen molar-refractivity contribution in [3.63, 3.8) is 0 Å². The van der Waals surface area contributed by atoms with Crippen LogP contribution in [0, 0.1) is 0 Å². The summed E-state index contributed by atoms with van der Waals surface area (Å²) < 4.78 is 0. The van der Waals surface area contributed by atoms with Gasteiger partial charge < -0.3 is 5.11 Å². The van der Waals surface area contributed by atoms with Crippen molar-refractivity contribution in [2.24, 2.45) is 0 Å². The minimum absolute atomic E-state index is 0.744. The molecule has 0 heterocycles. The Morgan fingerprint density at radius 3 is 2.39 bits per heavy atom. The van der Waals surface area contributed by atoms with Crippen LogP contribution in [0.1, 0.15) is 41.2 Å². The van der Waals surface area contributed by atoms with E-state index in [9.17, 15) is 4.79 Å². The molecule has 0 aromatic heterocycles. The third-order valence-electron chi connectivity index (χ3n) is 5.56. The Morgan fingerprint density at radius 2 is 1.71 bits per heavy atom. The molecule has 0 spiro atoms. The first-order valence-electron chi connectivity index (χ1n) is 10.3. The van der Waals surface area contributed by atoms with Gasteiger partial charge in [-0.15, -0.1) is 0 Å². The standard InChI is InChI=1S/C28H23ClO2/c1-2-24(25-9-5-6-10-26(25)29)28(23-17-21-7-3-4-8-22(21)18-23)20-14-11-19(12-15-20)13-16-27(30)31/h3-17H,2,18H2,1H3,(H,30,31)/b16-13+,28-24+. The van der Waals surface area contributed by atoms with Gasteiger partial charge in [0.2, 0.25) is 0 Å². The minimum atomic E-state index is -0.953. The van der Waals surface area contributed by atoms with E-state index in [0.717, 1.165) is 40.6 Å². The second-order valence-electron chi connectivity index (χ2n) is 7.53. The summed E-state index contributed by atoms with van der Waals surface area (Å²) in [5.74, 6) is -0.953. The number of aliphatic carboxylic acids is 1. The Morgan fingerprint density at radius 1 is 1.00 bits per heavy atom. The molecule has 0 unspecified atom stereocenters. The molecular formula is C28H23ClO2. The number of hydrogen-bond acceptors (Lipinski definition) is 1. The minimum Gasteiger partial charge on any atom is -0.478 e. The van der Waals surface area contributed by atoms with Crippen LogP contribution in [0.25, 0.3) is 23.3 Å². The summed E-state index contributed by atoms with van der Waals surface area (Å²) in [4.78, 5) is 10.8. The van der Waals surface area contributed by atoms with Crippen molar-refractivity contribution in [3.8, 4) is 0 Å². The summed E-state index contributed by atoms with van der Waals surface area (Å²) in [6.45, 7) is 2.16. The number of hydrogen-bond donors (Lipinski definition) is 1. The largest absolute Gasteiger partial charge is 0.478 e. The van der Waals surface area contributed by atoms with Crippen molar-refractivity contribution in [1.82, 2.24) is 0 Å². The zero-order chi connectivity index (χ0) is 21.8. The van der Waals surface area contributed by atoms with E-state index in [1.807, 2.05) is 30.3 Å². The Labute approximate surface area is 187 Å². The first-order valence-corrected chi connectivity index (χ1v) is 10.7. The average molecular weight is 427 g/mol. The molecule has 3 heteroatoms. The maximum absolute atomic E-state index is 10.8. The quantitative estimate of drug-likeness (QED) is 0.329. The first kappa shape index (κ1) is 20.9. The third kappa shape index (κ3) is 4.55. The Kier molecular flexibility index (Phi) is 6.20. The number of halogens is 1. The SMILES string of the molecule is CC/C(=C(\C1=Cc2ccccc2C1)c1ccc(/C=C/C(=O)O)cc1)c1ccccc1Cl. The molecule has 0 fully saturated rings. The average Bonchev–Trinajstić information content (AvgIpc) is 3.21. The molecule has 31 heavy (non-hydrogen) atoms. The summed E-state index contributed by atoms with van der Waals surface area (Å²) in [5.41, 5.74) is 9.25. The van der Waals surface area contributed by atoms with Crippen LogP contribution in [0.15, 0.2) is 84.4 Å². The van der Waals surface area contributed by atoms with E-state index in [4.69, 9.17) is 16.7 Å². The van der Waals surface area contributed by atoms with Crippen LogP contribution in [0.4, 0.5) is 0 Å². The zero-order valence-corrected chi connectivity index (χ0v) is 18.1. The summed E-state index contributed by atoms with van der Waals surface area (Å²) in [7, 11) is 0. The summed E-state index contributed by atoms with van der Waals surface area (Å²) >= 11 is 6.60. The van der Waals surface area contributed by atoms with Gasteiger partial charge in [0.25, 0.3) is 0 Å². The van der Waals surface area contributed by atoms with Crippen molar-refractivity contribution >= 4 is 40.9 Å². The highest BCUT2D eigenvalue weighted by Gasteiger charge is 2.21. The molecule has 0 bridgehead atoms. The molecule has 1 aliphatic rings. The van der Waals surface area contributed by atoms with Crippen LogP contribution in [0.5, 0.6) is 0 Å². The molecule has 0 saturated carbocycles. The fourth-order valence-corrected chi connectivity index (χ4v) is 4.38. The van der Waals surface area contributed by atoms with Crippen LogP contribution in [0.2, 0.25) is 5.02 Å². The van der Waals surface area contributed by atoms with E-state index in [1.54, 1.807) is 6.08 Å². The van der Waals surface area contributed by atoms with Gasteiger partial charge in [-0.25, -0.2) is 4.79 Å². The first-order chi connectivity index (χ1) is 15.1. The van der Waals surface area contributed by atoms with E-state index >= 15 is 0 Å². The third-order valence-corrected chi connectivity index (χ3v) is 5.89. The molecule has 1 N–H and O–H groups in total. The van der Waals surface area contributed by atoms with Crippen molar-refractivity contribution in [2.75, 3.05) is 0 Å². The van der Waals surface area contributed by atoms with Crippen LogP contribution < -0.4 is 0 Å². The lowest BCUT2D eigenvalue weighted by atomic mass is 9.87. The summed E-state index contributed by atoms with van der Waals surface area (Å²) in [5, 5.41) is 9.63. The Bertz CT molecular complexity index is 1210. The van der Waals surface area contributed by atoms with Gasteiger partial charge in [0.1, 0.15) is 0 Å². The van der Waals surface area contributed by atoms with Gasteiger partial charge in [-0.2, -0.15) is 0 Å². The van der Waals surface area contributed by atoms with Gasteiger partial charge >= 0.3 is 5.97 Å². The highest BCUT2D eigenvalue weighted by atomic mass is 35.5. The number of rotatable bonds is 6. The molecule has 154 valence electrons. The van der Waals surface area contributed by atoms with Crippen LogP contribution in [0.3, 0.4) is 0 Å². The van der Waals surface area contributed by atoms with E-state index < -0.39 is 5.97 Å². The molecule has 4 rings (SSSR count). The highest BCUT2D eigenvalue weighted by Crippen LogP contribution is 2.41. The van der Waals surface area contributed by atoms with Crippen LogP contribution in [-0.4, -0.2) is 11.1 Å². The molecule has 1 aliphatic carbocycles. The van der Waals surface area contributed by atoms with Gasteiger partial charge in [0.05, 0.1) is 0 Å². The molecule has 3 aromatic rings. The summed E-state index contributed by atoms with van der Waals surface area (Å²) in [6, 6.07) is 24.5. The van der Waals surface area contributed by atoms with E-state index in [-0.39, 0.29) is 0 Å². The lowest BCUT2D eigenvalue weighted by Gasteiger charge is -2.18. The Balaban J connectivity index is 1.86. The van der Waals surface area contributed by atoms with Gasteiger partial charge in [-0.3, -0.25) is 0 Å². The number of carboxylic acid groups (broad SMARTS) is 1. The predicted octanol–water partition coefficient (Wildman–Crippen LogP) is 7.40. The van der Waals surface area contributed by atoms with Gasteiger partial charge in [0.15, 0.2) is 0 Å². The van der Waals surface area contributed by atoms with E-state index in [1.165, 1.54) is 27.8 Å². The van der Waals surface area contributed by atoms with Gasteiger partial charge in [-0.05, 0) is 69.5 Å². The van der Waals surface area contributed by atoms with Gasteiger partial charge in [-0.1, -0.05) is 91.3 Å². The molecule has 0 aliphatic heterocycles. The monoisotopic (exact) mass is 426 g/mol. The molecule has 0 amide bonds. The van der Waals surface area contributed by atoms with Gasteiger partial charge in [0, 0.05) is 11.1 Å². The number of carboxylic acids is 1. The molecule has 0 radical (unpaired) electrons. The normalized spacial score (nSPS) is 13.7. The molecule has 3 aromatic carbocycles. The lowest BCUT2D eigenvalue weighted by Crippen LogP contribution is -1.98. The fraction of sp³-hybridized carbons (Fsp3) is 0.107. The van der Waals surface area contributed by atoms with Crippen LogP contribution in [-0.2, 0) is 11.2 Å². The van der Waals surface area contributed by atoms with E-state index in [0.29, 0.717) is 0 Å². The molecular weight excluding hydrogens is 404 g/mol. The molecule has 0 saturated heterocycles. The predicted molar refractivity (Wildman–Crippen MR) is 130 cm³/mol. The maximum atomic E-state index is 10.8. The van der Waals surface area contributed by atoms with E-state index in [2.05, 4.69) is 55.5 Å². The number of fused-ring (bicyclic) bond motifs is 1. The van der Waals surface area contributed by atoms with Crippen molar-refractivity contribution in [1.29, 1.82) is 0 Å². The number of carbonyl (C=O) groups is 1. The van der Waals surface area contributed by atoms with Crippen molar-refractivity contribution < 1.29 is 9.90 Å². The smallest absolute Gasteiger partial charge is 0.328 e. The van der Waals surface area contributed by atoms with Crippen molar-refractivity contribution in [3.05, 3.63) is 117 Å².